The molecule has 1 fully saturated rings. The highest BCUT2D eigenvalue weighted by Gasteiger charge is 2.20. The maximum absolute atomic E-state index is 12.1. The van der Waals surface area contributed by atoms with Gasteiger partial charge < -0.3 is 4.90 Å². The van der Waals surface area contributed by atoms with E-state index in [2.05, 4.69) is 15.9 Å². The second-order valence-corrected chi connectivity index (χ2v) is 6.53. The van der Waals surface area contributed by atoms with Gasteiger partial charge in [-0.2, -0.15) is 0 Å². The maximum atomic E-state index is 12.1. The first kappa shape index (κ1) is 14.6. The fourth-order valence-electron chi connectivity index (χ4n) is 2.56. The minimum absolute atomic E-state index is 0.223. The number of benzene rings is 1. The zero-order valence-corrected chi connectivity index (χ0v) is 13.2. The molecule has 1 aromatic heterocycles. The molecule has 0 bridgehead atoms. The zero-order valence-electron chi connectivity index (χ0n) is 11.7. The third-order valence-corrected chi connectivity index (χ3v) is 4.85. The molecule has 5 heteroatoms. The summed E-state index contributed by atoms with van der Waals surface area (Å²) in [5, 5.41) is 2.72. The maximum Gasteiger partial charge on any atom is 0.186 e. The fraction of sp³-hybridized carbons (Fsp3) is 0.312. The van der Waals surface area contributed by atoms with Crippen molar-refractivity contribution in [3.63, 3.8) is 0 Å². The first-order valence-corrected chi connectivity index (χ1v) is 8.28. The zero-order chi connectivity index (χ0) is 14.7. The number of anilines is 1. The molecule has 2 heterocycles. The largest absolute Gasteiger partial charge is 0.369 e. The SMILES string of the molecule is O=C(CN1CCN(c2cccc(Cl)c2)CC1)c1cccs1. The number of ketones is 1. The summed E-state index contributed by atoms with van der Waals surface area (Å²) < 4.78 is 0. The summed E-state index contributed by atoms with van der Waals surface area (Å²) in [6.45, 7) is 4.19. The van der Waals surface area contributed by atoms with E-state index in [-0.39, 0.29) is 5.78 Å². The van der Waals surface area contributed by atoms with Gasteiger partial charge >= 0.3 is 0 Å². The van der Waals surface area contributed by atoms with Crippen molar-refractivity contribution in [3.8, 4) is 0 Å². The molecule has 0 spiro atoms. The van der Waals surface area contributed by atoms with Crippen molar-refractivity contribution in [1.29, 1.82) is 0 Å². The number of carbonyl (C=O) groups excluding carboxylic acids is 1. The molecule has 21 heavy (non-hydrogen) atoms. The van der Waals surface area contributed by atoms with Crippen LogP contribution in [0.25, 0.3) is 0 Å². The highest BCUT2D eigenvalue weighted by molar-refractivity contribution is 7.12. The smallest absolute Gasteiger partial charge is 0.186 e. The molecule has 110 valence electrons. The molecule has 2 aromatic rings. The minimum atomic E-state index is 0.223. The lowest BCUT2D eigenvalue weighted by Crippen LogP contribution is -2.47. The molecule has 1 aromatic carbocycles. The highest BCUT2D eigenvalue weighted by atomic mass is 35.5. The Kier molecular flexibility index (Phi) is 4.58. The Balaban J connectivity index is 1.54. The molecule has 0 radical (unpaired) electrons. The first-order valence-electron chi connectivity index (χ1n) is 7.02. The van der Waals surface area contributed by atoms with Gasteiger partial charge in [0.15, 0.2) is 5.78 Å². The van der Waals surface area contributed by atoms with Crippen LogP contribution in [0.4, 0.5) is 5.69 Å². The first-order chi connectivity index (χ1) is 10.2. The minimum Gasteiger partial charge on any atom is -0.369 e. The Morgan fingerprint density at radius 2 is 1.95 bits per heavy atom. The molecule has 1 saturated heterocycles. The summed E-state index contributed by atoms with van der Waals surface area (Å²) >= 11 is 7.56. The van der Waals surface area contributed by atoms with Gasteiger partial charge in [0.1, 0.15) is 0 Å². The van der Waals surface area contributed by atoms with E-state index in [4.69, 9.17) is 11.6 Å². The lowest BCUT2D eigenvalue weighted by atomic mass is 10.2. The molecule has 0 aliphatic carbocycles. The number of carbonyl (C=O) groups is 1. The topological polar surface area (TPSA) is 23.6 Å². The molecule has 1 aliphatic rings. The van der Waals surface area contributed by atoms with E-state index in [9.17, 15) is 4.79 Å². The predicted molar refractivity (Wildman–Crippen MR) is 88.8 cm³/mol. The molecule has 3 rings (SSSR count). The van der Waals surface area contributed by atoms with Crippen LogP contribution in [0.5, 0.6) is 0 Å². The fourth-order valence-corrected chi connectivity index (χ4v) is 3.40. The number of rotatable bonds is 4. The van der Waals surface area contributed by atoms with Crippen LogP contribution in [0, 0.1) is 0 Å². The predicted octanol–water partition coefficient (Wildman–Crippen LogP) is 3.41. The molecule has 0 saturated carbocycles. The van der Waals surface area contributed by atoms with Crippen molar-refractivity contribution in [2.24, 2.45) is 0 Å². The van der Waals surface area contributed by atoms with Crippen molar-refractivity contribution in [3.05, 3.63) is 51.7 Å². The van der Waals surface area contributed by atoms with E-state index in [1.807, 2.05) is 35.7 Å². The van der Waals surface area contributed by atoms with E-state index in [1.165, 1.54) is 11.3 Å². The lowest BCUT2D eigenvalue weighted by molar-refractivity contribution is 0.0930. The number of piperazine rings is 1. The Bertz CT molecular complexity index is 606. The van der Waals surface area contributed by atoms with Crippen molar-refractivity contribution in [1.82, 2.24) is 4.90 Å². The number of nitrogens with zero attached hydrogens (tertiary/aromatic N) is 2. The third-order valence-electron chi connectivity index (χ3n) is 3.71. The number of hydrogen-bond donors (Lipinski definition) is 0. The Morgan fingerprint density at radius 1 is 1.14 bits per heavy atom. The molecule has 3 nitrogen and oxygen atoms in total. The Labute approximate surface area is 133 Å². The van der Waals surface area contributed by atoms with Crippen LogP contribution in [0.1, 0.15) is 9.67 Å². The molecule has 1 aliphatic heterocycles. The van der Waals surface area contributed by atoms with E-state index >= 15 is 0 Å². The van der Waals surface area contributed by atoms with Gasteiger partial charge in [-0.15, -0.1) is 11.3 Å². The molecule has 0 atom stereocenters. The molecule has 0 amide bonds. The monoisotopic (exact) mass is 320 g/mol. The van der Waals surface area contributed by atoms with Crippen LogP contribution in [-0.2, 0) is 0 Å². The average molecular weight is 321 g/mol. The van der Waals surface area contributed by atoms with Crippen molar-refractivity contribution < 1.29 is 4.79 Å². The second-order valence-electron chi connectivity index (χ2n) is 5.14. The van der Waals surface area contributed by atoms with Gasteiger partial charge in [-0.05, 0) is 29.6 Å². The van der Waals surface area contributed by atoms with Crippen LogP contribution in [0.3, 0.4) is 0 Å². The van der Waals surface area contributed by atoms with Crippen molar-refractivity contribution in [2.75, 3.05) is 37.6 Å². The second kappa shape index (κ2) is 6.60. The van der Waals surface area contributed by atoms with Crippen molar-refractivity contribution in [2.45, 2.75) is 0 Å². The summed E-state index contributed by atoms with van der Waals surface area (Å²) in [5.74, 6) is 0.223. The Hall–Kier alpha value is -1.36. The van der Waals surface area contributed by atoms with Gasteiger partial charge in [0.25, 0.3) is 0 Å². The van der Waals surface area contributed by atoms with Gasteiger partial charge in [0, 0.05) is 36.9 Å². The van der Waals surface area contributed by atoms with Crippen LogP contribution in [0.15, 0.2) is 41.8 Å². The van der Waals surface area contributed by atoms with E-state index in [0.717, 1.165) is 41.8 Å². The number of Topliss-reactive ketones (excluding diaryl/α,β-unsaturated/α-hetero) is 1. The van der Waals surface area contributed by atoms with E-state index in [1.54, 1.807) is 0 Å². The van der Waals surface area contributed by atoms with Crippen LogP contribution < -0.4 is 4.90 Å². The summed E-state index contributed by atoms with van der Waals surface area (Å²) in [5.41, 5.74) is 1.16. The summed E-state index contributed by atoms with van der Waals surface area (Å²) in [4.78, 5) is 17.5. The molecular formula is C16H17ClN2OS. The quantitative estimate of drug-likeness (QED) is 0.807. The van der Waals surface area contributed by atoms with Crippen LogP contribution in [-0.4, -0.2) is 43.4 Å². The van der Waals surface area contributed by atoms with Crippen LogP contribution >= 0.6 is 22.9 Å². The average Bonchev–Trinajstić information content (AvgIpc) is 3.02. The van der Waals surface area contributed by atoms with Crippen LogP contribution in [0.2, 0.25) is 5.02 Å². The molecule has 0 unspecified atom stereocenters. The van der Waals surface area contributed by atoms with Gasteiger partial charge in [0.2, 0.25) is 0 Å². The van der Waals surface area contributed by atoms with Gasteiger partial charge in [-0.3, -0.25) is 9.69 Å². The summed E-state index contributed by atoms with van der Waals surface area (Å²) in [6.07, 6.45) is 0. The van der Waals surface area contributed by atoms with Gasteiger partial charge in [0.05, 0.1) is 11.4 Å². The normalized spacial score (nSPS) is 16.1. The standard InChI is InChI=1S/C16H17ClN2OS/c17-13-3-1-4-14(11-13)19-8-6-18(7-9-19)12-15(20)16-5-2-10-21-16/h1-5,10-11H,6-9,12H2. The Morgan fingerprint density at radius 3 is 2.62 bits per heavy atom. The van der Waals surface area contributed by atoms with E-state index in [0.29, 0.717) is 6.54 Å². The van der Waals surface area contributed by atoms with Gasteiger partial charge in [-0.1, -0.05) is 23.7 Å². The molecular weight excluding hydrogens is 304 g/mol. The highest BCUT2D eigenvalue weighted by Crippen LogP contribution is 2.21. The van der Waals surface area contributed by atoms with E-state index < -0.39 is 0 Å². The summed E-state index contributed by atoms with van der Waals surface area (Å²) in [7, 11) is 0. The van der Waals surface area contributed by atoms with Gasteiger partial charge in [-0.25, -0.2) is 0 Å². The summed E-state index contributed by atoms with van der Waals surface area (Å²) in [6, 6.07) is 11.8. The lowest BCUT2D eigenvalue weighted by Gasteiger charge is -2.35. The molecule has 0 N–H and O–H groups in total. The van der Waals surface area contributed by atoms with Crippen molar-refractivity contribution >= 4 is 34.4 Å². The number of hydrogen-bond acceptors (Lipinski definition) is 4. The third kappa shape index (κ3) is 3.64. The number of thiophene rings is 1. The number of halogens is 1.